The summed E-state index contributed by atoms with van der Waals surface area (Å²) in [6, 6.07) is 10.8. The lowest BCUT2D eigenvalue weighted by Gasteiger charge is -2.24. The summed E-state index contributed by atoms with van der Waals surface area (Å²) in [7, 11) is 1.64. The highest BCUT2D eigenvalue weighted by molar-refractivity contribution is 7.38. The van der Waals surface area contributed by atoms with Crippen LogP contribution in [0.3, 0.4) is 0 Å². The Morgan fingerprint density at radius 3 is 2.50 bits per heavy atom. The van der Waals surface area contributed by atoms with Gasteiger partial charge < -0.3 is 0 Å². The van der Waals surface area contributed by atoms with Crippen LogP contribution in [0, 0.1) is 0 Å². The van der Waals surface area contributed by atoms with E-state index in [0.717, 1.165) is 5.66 Å². The molecule has 0 aliphatic heterocycles. The highest BCUT2D eigenvalue weighted by Crippen LogP contribution is 2.37. The van der Waals surface area contributed by atoms with Crippen molar-refractivity contribution in [2.45, 2.75) is 31.1 Å². The lowest BCUT2D eigenvalue weighted by Crippen LogP contribution is -2.11. The molecule has 1 heteroatoms. The van der Waals surface area contributed by atoms with E-state index >= 15 is 0 Å². The van der Waals surface area contributed by atoms with E-state index in [9.17, 15) is 0 Å². The van der Waals surface area contributed by atoms with E-state index in [-0.39, 0.29) is 0 Å². The maximum absolute atomic E-state index is 2.23. The van der Waals surface area contributed by atoms with Gasteiger partial charge in [-0.15, -0.1) is 0 Å². The molecule has 0 spiro atoms. The van der Waals surface area contributed by atoms with Gasteiger partial charge in [0.25, 0.3) is 0 Å². The summed E-state index contributed by atoms with van der Waals surface area (Å²) >= 11 is 0. The Morgan fingerprint density at radius 2 is 1.92 bits per heavy atom. The quantitative estimate of drug-likeness (QED) is 0.618. The van der Waals surface area contributed by atoms with Crippen molar-refractivity contribution in [3.8, 4) is 0 Å². The fourth-order valence-electron chi connectivity index (χ4n) is 1.39. The molecule has 0 atom stereocenters. The van der Waals surface area contributed by atoms with Gasteiger partial charge in [0, 0.05) is 0 Å². The monoisotopic (exact) mass is 177 g/mol. The number of hydrogen-bond acceptors (Lipinski definition) is 0. The summed E-state index contributed by atoms with van der Waals surface area (Å²) in [5.74, 6) is 0. The van der Waals surface area contributed by atoms with Crippen molar-refractivity contribution in [2.75, 3.05) is 0 Å². The molecule has 1 saturated carbocycles. The van der Waals surface area contributed by atoms with Gasteiger partial charge in [0.1, 0.15) is 0 Å². The molecule has 2 rings (SSSR count). The van der Waals surface area contributed by atoms with Crippen LogP contribution in [-0.2, 0) is 6.16 Å². The molecule has 1 aromatic carbocycles. The van der Waals surface area contributed by atoms with Crippen LogP contribution in [0.2, 0.25) is 0 Å². The summed E-state index contributed by atoms with van der Waals surface area (Å²) < 4.78 is 0. The highest BCUT2D eigenvalue weighted by Gasteiger charge is 2.16. The molecule has 0 aromatic heterocycles. The third kappa shape index (κ3) is 2.08. The fraction of sp³-hybridized carbons (Fsp3) is 0.455. The van der Waals surface area contributed by atoms with Gasteiger partial charge in [0.2, 0.25) is 0 Å². The third-order valence-corrected chi connectivity index (χ3v) is 4.03. The van der Waals surface area contributed by atoms with Crippen LogP contribution in [0.15, 0.2) is 30.3 Å². The molecule has 0 heterocycles. The first-order valence-electron chi connectivity index (χ1n) is 4.66. The summed E-state index contributed by atoms with van der Waals surface area (Å²) in [4.78, 5) is 0. The van der Waals surface area contributed by atoms with Crippen LogP contribution in [-0.4, -0.2) is 5.66 Å². The molecule has 1 aromatic rings. The predicted molar refractivity (Wildman–Crippen MR) is 54.7 cm³/mol. The zero-order chi connectivity index (χ0) is 8.23. The van der Waals surface area contributed by atoms with Gasteiger partial charge >= 0.3 is 0 Å². The van der Waals surface area contributed by atoms with Crippen LogP contribution >= 0.6 is 8.58 Å². The normalized spacial score (nSPS) is 18.3. The van der Waals surface area contributed by atoms with Gasteiger partial charge in [0.15, 0.2) is 0 Å². The second kappa shape index (κ2) is 4.05. The van der Waals surface area contributed by atoms with E-state index in [4.69, 9.17) is 0 Å². The summed E-state index contributed by atoms with van der Waals surface area (Å²) in [5.41, 5.74) is 2.51. The van der Waals surface area contributed by atoms with Gasteiger partial charge in [-0.2, -0.15) is 0 Å². The first-order chi connectivity index (χ1) is 5.95. The molecular weight excluding hydrogens is 163 g/mol. The largest absolute Gasteiger partial charge is 0.0727 e. The summed E-state index contributed by atoms with van der Waals surface area (Å²) in [6.45, 7) is 0. The predicted octanol–water partition coefficient (Wildman–Crippen LogP) is 3.69. The maximum Gasteiger partial charge on any atom is -0.00316 e. The molecule has 1 aliphatic carbocycles. The molecule has 0 unspecified atom stereocenters. The smallest absolute Gasteiger partial charge is 0.00316 e. The number of hydrogen-bond donors (Lipinski definition) is 0. The minimum Gasteiger partial charge on any atom is -0.0727 e. The third-order valence-electron chi connectivity index (χ3n) is 2.45. The van der Waals surface area contributed by atoms with Crippen molar-refractivity contribution in [3.05, 3.63) is 35.9 Å². The Bertz CT molecular complexity index is 226. The average Bonchev–Trinajstić information content (AvgIpc) is 2.04. The zero-order valence-electron chi connectivity index (χ0n) is 7.24. The summed E-state index contributed by atoms with van der Waals surface area (Å²) in [6.07, 6.45) is 5.65. The molecule has 1 aliphatic rings. The minimum atomic E-state index is 1.02. The fourth-order valence-corrected chi connectivity index (χ4v) is 2.80. The molecule has 63 valence electrons. The van der Waals surface area contributed by atoms with Gasteiger partial charge in [-0.1, -0.05) is 45.3 Å². The van der Waals surface area contributed by atoms with Gasteiger partial charge in [-0.3, -0.25) is 0 Å². The van der Waals surface area contributed by atoms with E-state index in [1.165, 1.54) is 31.0 Å². The Labute approximate surface area is 76.2 Å². The van der Waals surface area contributed by atoms with Crippen molar-refractivity contribution in [1.29, 1.82) is 0 Å². The number of benzene rings is 1. The average molecular weight is 177 g/mol. The van der Waals surface area contributed by atoms with Crippen LogP contribution in [0.5, 0.6) is 0 Å². The van der Waals surface area contributed by atoms with E-state index in [1.807, 2.05) is 0 Å². The molecule has 0 bridgehead atoms. The Morgan fingerprint density at radius 1 is 1.17 bits per heavy atom. The SMILES string of the molecule is c1ccc(C[P]C2CCC2)cc1. The van der Waals surface area contributed by atoms with E-state index < -0.39 is 0 Å². The topological polar surface area (TPSA) is 0 Å². The van der Waals surface area contributed by atoms with Crippen LogP contribution in [0.25, 0.3) is 0 Å². The van der Waals surface area contributed by atoms with Crippen molar-refractivity contribution >= 4 is 8.58 Å². The first kappa shape index (κ1) is 8.26. The molecule has 1 fully saturated rings. The lowest BCUT2D eigenvalue weighted by atomic mass is 10.00. The molecular formula is C11H14P. The molecule has 0 amide bonds. The van der Waals surface area contributed by atoms with E-state index in [1.54, 1.807) is 8.58 Å². The molecule has 0 nitrogen and oxygen atoms in total. The number of rotatable bonds is 3. The van der Waals surface area contributed by atoms with Crippen molar-refractivity contribution < 1.29 is 0 Å². The van der Waals surface area contributed by atoms with Gasteiger partial charge in [0.05, 0.1) is 0 Å². The Hall–Kier alpha value is -0.350. The van der Waals surface area contributed by atoms with Crippen LogP contribution in [0.1, 0.15) is 24.8 Å². The molecule has 0 N–H and O–H groups in total. The second-order valence-corrected chi connectivity index (χ2v) is 4.82. The second-order valence-electron chi connectivity index (χ2n) is 3.41. The van der Waals surface area contributed by atoms with Crippen LogP contribution in [0.4, 0.5) is 0 Å². The minimum absolute atomic E-state index is 1.02. The Kier molecular flexibility index (Phi) is 2.79. The van der Waals surface area contributed by atoms with E-state index in [2.05, 4.69) is 30.3 Å². The lowest BCUT2D eigenvalue weighted by molar-refractivity contribution is 0.517. The Balaban J connectivity index is 1.79. The molecule has 1 radical (unpaired) electrons. The molecule has 0 saturated heterocycles. The zero-order valence-corrected chi connectivity index (χ0v) is 8.13. The van der Waals surface area contributed by atoms with Crippen LogP contribution < -0.4 is 0 Å². The van der Waals surface area contributed by atoms with E-state index in [0.29, 0.717) is 0 Å². The standard InChI is InChI=1S/C11H14P/c1-2-5-10(6-3-1)9-12-11-7-4-8-11/h1-3,5-6,11H,4,7-9H2. The highest BCUT2D eigenvalue weighted by atomic mass is 31.1. The van der Waals surface area contributed by atoms with Crippen molar-refractivity contribution in [3.63, 3.8) is 0 Å². The van der Waals surface area contributed by atoms with Gasteiger partial charge in [-0.05, 0) is 30.2 Å². The van der Waals surface area contributed by atoms with Gasteiger partial charge in [-0.25, -0.2) is 0 Å². The summed E-state index contributed by atoms with van der Waals surface area (Å²) in [5, 5.41) is 0. The van der Waals surface area contributed by atoms with Crippen molar-refractivity contribution in [2.24, 2.45) is 0 Å². The first-order valence-corrected chi connectivity index (χ1v) is 5.80. The maximum atomic E-state index is 2.23. The molecule has 12 heavy (non-hydrogen) atoms. The van der Waals surface area contributed by atoms with Crippen molar-refractivity contribution in [1.82, 2.24) is 0 Å².